The van der Waals surface area contributed by atoms with Crippen molar-refractivity contribution in [3.05, 3.63) is 36.0 Å². The van der Waals surface area contributed by atoms with E-state index < -0.39 is 67.3 Å². The summed E-state index contributed by atoms with van der Waals surface area (Å²) < 4.78 is 0. The number of carboxylic acid groups (broad SMARTS) is 1. The van der Waals surface area contributed by atoms with Crippen molar-refractivity contribution in [3.8, 4) is 0 Å². The maximum absolute atomic E-state index is 12.3. The van der Waals surface area contributed by atoms with E-state index in [1.54, 1.807) is 6.20 Å². The van der Waals surface area contributed by atoms with Gasteiger partial charge >= 0.3 is 5.97 Å². The predicted octanol–water partition coefficient (Wildman–Crippen LogP) is -2.92. The minimum atomic E-state index is -1.63. The van der Waals surface area contributed by atoms with Crippen LogP contribution in [0, 0.1) is 0 Å². The third-order valence-corrected chi connectivity index (χ3v) is 4.73. The van der Waals surface area contributed by atoms with Gasteiger partial charge in [-0.25, -0.2) is 4.79 Å². The highest BCUT2D eigenvalue weighted by molar-refractivity contribution is 5.95. The van der Waals surface area contributed by atoms with Gasteiger partial charge in [0.25, 0.3) is 0 Å². The van der Waals surface area contributed by atoms with Crippen molar-refractivity contribution in [2.75, 3.05) is 13.2 Å². The van der Waals surface area contributed by atoms with Crippen molar-refractivity contribution in [2.24, 2.45) is 11.5 Å². The molecule has 13 nitrogen and oxygen atoms in total. The Morgan fingerprint density at radius 1 is 1.03 bits per heavy atom. The maximum Gasteiger partial charge on any atom is 0.328 e. The third kappa shape index (κ3) is 7.29. The first-order chi connectivity index (χ1) is 15.6. The molecule has 0 aliphatic carbocycles. The molecule has 178 valence electrons. The van der Waals surface area contributed by atoms with Gasteiger partial charge in [0.2, 0.25) is 23.6 Å². The zero-order valence-corrected chi connectivity index (χ0v) is 17.5. The summed E-state index contributed by atoms with van der Waals surface area (Å²) in [5.74, 6) is -4.92. The average molecular weight is 462 g/mol. The molecule has 0 fully saturated rings. The molecule has 2 rings (SSSR count). The number of para-hydroxylation sites is 1. The molecular weight excluding hydrogens is 436 g/mol. The van der Waals surface area contributed by atoms with Gasteiger partial charge in [0, 0.05) is 17.1 Å². The summed E-state index contributed by atoms with van der Waals surface area (Å²) in [7, 11) is 0. The molecule has 0 radical (unpaired) electrons. The minimum Gasteiger partial charge on any atom is -0.480 e. The Morgan fingerprint density at radius 2 is 1.73 bits per heavy atom. The van der Waals surface area contributed by atoms with Gasteiger partial charge in [-0.05, 0) is 18.1 Å². The molecular formula is C20H26N6O7. The maximum atomic E-state index is 12.3. The van der Waals surface area contributed by atoms with Gasteiger partial charge in [-0.1, -0.05) is 18.2 Å². The van der Waals surface area contributed by atoms with Crippen molar-refractivity contribution in [3.63, 3.8) is 0 Å². The molecule has 10 N–H and O–H groups in total. The van der Waals surface area contributed by atoms with Crippen molar-refractivity contribution >= 4 is 40.5 Å². The number of benzene rings is 1. The second kappa shape index (κ2) is 11.6. The fourth-order valence-electron chi connectivity index (χ4n) is 3.04. The number of nitrogens with one attached hydrogen (secondary N) is 4. The molecule has 0 bridgehead atoms. The molecule has 4 amide bonds. The molecule has 0 saturated heterocycles. The van der Waals surface area contributed by atoms with Crippen LogP contribution in [-0.2, 0) is 30.4 Å². The minimum absolute atomic E-state index is 0.210. The number of aromatic amines is 1. The van der Waals surface area contributed by atoms with Gasteiger partial charge in [0.05, 0.1) is 25.6 Å². The number of aliphatic hydroxyl groups excluding tert-OH is 1. The Balaban J connectivity index is 1.90. The number of primary amides is 1. The fraction of sp³-hybridized carbons (Fsp3) is 0.350. The second-order valence-corrected chi connectivity index (χ2v) is 7.26. The molecule has 2 aromatic rings. The molecule has 0 aliphatic heterocycles. The number of carbonyl (C=O) groups is 5. The van der Waals surface area contributed by atoms with Crippen LogP contribution in [0.4, 0.5) is 0 Å². The smallest absolute Gasteiger partial charge is 0.328 e. The highest BCUT2D eigenvalue weighted by atomic mass is 16.4. The molecule has 3 atom stereocenters. The third-order valence-electron chi connectivity index (χ3n) is 4.73. The van der Waals surface area contributed by atoms with E-state index >= 15 is 0 Å². The summed E-state index contributed by atoms with van der Waals surface area (Å²) in [5, 5.41) is 25.3. The van der Waals surface area contributed by atoms with Crippen molar-refractivity contribution in [1.82, 2.24) is 20.9 Å². The van der Waals surface area contributed by atoms with Crippen LogP contribution < -0.4 is 27.4 Å². The van der Waals surface area contributed by atoms with Gasteiger partial charge in [0.15, 0.2) is 0 Å². The van der Waals surface area contributed by atoms with E-state index in [2.05, 4.69) is 15.6 Å². The van der Waals surface area contributed by atoms with Crippen LogP contribution in [0.15, 0.2) is 30.5 Å². The quantitative estimate of drug-likeness (QED) is 0.162. The van der Waals surface area contributed by atoms with Crippen LogP contribution in [0.25, 0.3) is 10.9 Å². The van der Waals surface area contributed by atoms with Crippen LogP contribution in [0.1, 0.15) is 12.0 Å². The molecule has 33 heavy (non-hydrogen) atoms. The van der Waals surface area contributed by atoms with E-state index in [9.17, 15) is 24.0 Å². The Labute approximate surface area is 187 Å². The largest absolute Gasteiger partial charge is 0.480 e. The molecule has 3 unspecified atom stereocenters. The summed E-state index contributed by atoms with van der Waals surface area (Å²) in [5.41, 5.74) is 12.7. The molecule has 1 heterocycles. The van der Waals surface area contributed by atoms with E-state index in [4.69, 9.17) is 21.7 Å². The van der Waals surface area contributed by atoms with Crippen LogP contribution in [0.3, 0.4) is 0 Å². The molecule has 0 spiro atoms. The number of aromatic nitrogens is 1. The van der Waals surface area contributed by atoms with Gasteiger partial charge < -0.3 is 42.6 Å². The molecule has 13 heteroatoms. The summed E-state index contributed by atoms with van der Waals surface area (Å²) in [6, 6.07) is 3.40. The summed E-state index contributed by atoms with van der Waals surface area (Å²) in [6.45, 7) is -1.45. The number of rotatable bonds is 12. The Bertz CT molecular complexity index is 1040. The van der Waals surface area contributed by atoms with E-state index in [0.29, 0.717) is 0 Å². The van der Waals surface area contributed by atoms with Crippen molar-refractivity contribution in [2.45, 2.75) is 31.0 Å². The van der Waals surface area contributed by atoms with Gasteiger partial charge in [0.1, 0.15) is 12.1 Å². The number of aliphatic carboxylic acids is 1. The first kappa shape index (κ1) is 25.3. The van der Waals surface area contributed by atoms with Gasteiger partial charge in [-0.15, -0.1) is 0 Å². The summed E-state index contributed by atoms with van der Waals surface area (Å²) in [4.78, 5) is 61.9. The molecule has 0 saturated carbocycles. The number of carbonyl (C=O) groups excluding carboxylic acids is 4. The van der Waals surface area contributed by atoms with E-state index in [-0.39, 0.29) is 6.42 Å². The Kier molecular flexibility index (Phi) is 8.89. The van der Waals surface area contributed by atoms with E-state index in [1.165, 1.54) is 0 Å². The van der Waals surface area contributed by atoms with Crippen molar-refractivity contribution in [1.29, 1.82) is 0 Å². The van der Waals surface area contributed by atoms with E-state index in [1.807, 2.05) is 29.6 Å². The SMILES string of the molecule is NC(=O)CC(NC(=O)CNC(=O)C(N)Cc1c[nH]c2ccccc12)C(=O)NC(CO)C(=O)O. The highest BCUT2D eigenvalue weighted by Crippen LogP contribution is 2.18. The lowest BCUT2D eigenvalue weighted by molar-refractivity contribution is -0.143. The highest BCUT2D eigenvalue weighted by Gasteiger charge is 2.27. The number of hydrogen-bond donors (Lipinski definition) is 8. The average Bonchev–Trinajstić information content (AvgIpc) is 3.17. The van der Waals surface area contributed by atoms with Crippen LogP contribution >= 0.6 is 0 Å². The monoisotopic (exact) mass is 462 g/mol. The number of fused-ring (bicyclic) bond motifs is 1. The number of nitrogens with two attached hydrogens (primary N) is 2. The normalized spacial score (nSPS) is 13.5. The van der Waals surface area contributed by atoms with Gasteiger partial charge in [-0.3, -0.25) is 19.2 Å². The number of H-pyrrole nitrogens is 1. The summed E-state index contributed by atoms with van der Waals surface area (Å²) >= 11 is 0. The zero-order valence-electron chi connectivity index (χ0n) is 17.5. The lowest BCUT2D eigenvalue weighted by Crippen LogP contribution is -2.55. The summed E-state index contributed by atoms with van der Waals surface area (Å²) in [6.07, 6.45) is 1.33. The fourth-order valence-corrected chi connectivity index (χ4v) is 3.04. The topological polar surface area (TPSA) is 230 Å². The molecule has 1 aromatic heterocycles. The Morgan fingerprint density at radius 3 is 2.36 bits per heavy atom. The number of hydrogen-bond acceptors (Lipinski definition) is 7. The lowest BCUT2D eigenvalue weighted by atomic mass is 10.1. The van der Waals surface area contributed by atoms with Crippen molar-refractivity contribution < 1.29 is 34.2 Å². The van der Waals surface area contributed by atoms with Crippen LogP contribution in [-0.4, -0.2) is 76.1 Å². The number of aliphatic hydroxyl groups is 1. The standard InChI is InChI=1S/C20H26N6O7/c21-12(5-10-7-23-13-4-2-1-3-11(10)13)18(30)24-8-17(29)25-14(6-16(22)28)19(31)26-15(9-27)20(32)33/h1-4,7,12,14-15,23,27H,5-6,8-9,21H2,(H2,22,28)(H,24,30)(H,25,29)(H,26,31)(H,32,33). The second-order valence-electron chi connectivity index (χ2n) is 7.26. The first-order valence-electron chi connectivity index (χ1n) is 9.92. The number of amides is 4. The van der Waals surface area contributed by atoms with E-state index in [0.717, 1.165) is 16.5 Å². The van der Waals surface area contributed by atoms with Crippen LogP contribution in [0.2, 0.25) is 0 Å². The zero-order chi connectivity index (χ0) is 24.5. The molecule has 0 aliphatic rings. The Hall–Kier alpha value is -3.97. The van der Waals surface area contributed by atoms with Gasteiger partial charge in [-0.2, -0.15) is 0 Å². The molecule has 1 aromatic carbocycles. The lowest BCUT2D eigenvalue weighted by Gasteiger charge is -2.20. The van der Waals surface area contributed by atoms with Crippen LogP contribution in [0.5, 0.6) is 0 Å². The first-order valence-corrected chi connectivity index (χ1v) is 9.92. The predicted molar refractivity (Wildman–Crippen MR) is 115 cm³/mol. The number of carboxylic acids is 1.